The molecule has 2 nitrogen and oxygen atoms in total. The quantitative estimate of drug-likeness (QED) is 0.845. The number of benzene rings is 2. The van der Waals surface area contributed by atoms with E-state index >= 15 is 0 Å². The van der Waals surface area contributed by atoms with E-state index in [1.165, 1.54) is 0 Å². The molecule has 0 saturated heterocycles. The lowest BCUT2D eigenvalue weighted by molar-refractivity contribution is 0.460. The van der Waals surface area contributed by atoms with Gasteiger partial charge in [0.25, 0.3) is 0 Å². The van der Waals surface area contributed by atoms with E-state index in [1.807, 2.05) is 38.1 Å². The highest BCUT2D eigenvalue weighted by Crippen LogP contribution is 2.26. The maximum Gasteiger partial charge on any atom is 0.120 e. The standard InChI is InChI=1S/C16H17Cl2NO/c1-10-3-6-16(20)13(7-10)9-19-11(2)12-4-5-14(17)15(18)8-12/h3-8,11,19-20H,9H2,1-2H3. The van der Waals surface area contributed by atoms with Crippen LogP contribution in [0.15, 0.2) is 36.4 Å². The molecule has 0 amide bonds. The Balaban J connectivity index is 2.06. The van der Waals surface area contributed by atoms with Crippen LogP contribution in [0.1, 0.15) is 29.7 Å². The van der Waals surface area contributed by atoms with Gasteiger partial charge in [0.15, 0.2) is 0 Å². The number of hydrogen-bond acceptors (Lipinski definition) is 2. The molecular formula is C16H17Cl2NO. The first-order valence-electron chi connectivity index (χ1n) is 6.44. The van der Waals surface area contributed by atoms with Crippen molar-refractivity contribution in [1.82, 2.24) is 5.32 Å². The van der Waals surface area contributed by atoms with Crippen LogP contribution < -0.4 is 5.32 Å². The van der Waals surface area contributed by atoms with Crippen molar-refractivity contribution in [3.05, 3.63) is 63.1 Å². The minimum atomic E-state index is 0.115. The molecule has 2 N–H and O–H groups in total. The summed E-state index contributed by atoms with van der Waals surface area (Å²) < 4.78 is 0. The molecule has 0 radical (unpaired) electrons. The molecule has 0 saturated carbocycles. The second-order valence-electron chi connectivity index (χ2n) is 4.91. The molecule has 2 aromatic rings. The van der Waals surface area contributed by atoms with E-state index in [0.29, 0.717) is 22.3 Å². The van der Waals surface area contributed by atoms with Gasteiger partial charge in [-0.1, -0.05) is 47.0 Å². The summed E-state index contributed by atoms with van der Waals surface area (Å²) in [5, 5.41) is 14.3. The number of phenolic OH excluding ortho intramolecular Hbond substituents is 1. The van der Waals surface area contributed by atoms with E-state index in [9.17, 15) is 5.11 Å². The van der Waals surface area contributed by atoms with Gasteiger partial charge in [0.1, 0.15) is 5.75 Å². The number of aromatic hydroxyl groups is 1. The lowest BCUT2D eigenvalue weighted by atomic mass is 10.1. The predicted octanol–water partition coefficient (Wildman–Crippen LogP) is 4.86. The van der Waals surface area contributed by atoms with Gasteiger partial charge in [-0.15, -0.1) is 0 Å². The number of aryl methyl sites for hydroxylation is 1. The van der Waals surface area contributed by atoms with Crippen LogP contribution in [0.2, 0.25) is 10.0 Å². The predicted molar refractivity (Wildman–Crippen MR) is 84.6 cm³/mol. The fourth-order valence-corrected chi connectivity index (χ4v) is 2.33. The number of phenols is 1. The van der Waals surface area contributed by atoms with Crippen molar-refractivity contribution >= 4 is 23.2 Å². The first-order chi connectivity index (χ1) is 9.47. The van der Waals surface area contributed by atoms with Crippen molar-refractivity contribution in [3.8, 4) is 5.75 Å². The molecule has 2 aromatic carbocycles. The van der Waals surface area contributed by atoms with Crippen molar-refractivity contribution in [3.63, 3.8) is 0 Å². The summed E-state index contributed by atoms with van der Waals surface area (Å²) in [6.45, 7) is 4.65. The van der Waals surface area contributed by atoms with E-state index in [-0.39, 0.29) is 6.04 Å². The van der Waals surface area contributed by atoms with Crippen molar-refractivity contribution in [2.45, 2.75) is 26.4 Å². The summed E-state index contributed by atoms with van der Waals surface area (Å²) in [5.74, 6) is 0.310. The average molecular weight is 310 g/mol. The Morgan fingerprint density at radius 2 is 1.85 bits per heavy atom. The smallest absolute Gasteiger partial charge is 0.120 e. The van der Waals surface area contributed by atoms with Gasteiger partial charge in [0.05, 0.1) is 10.0 Å². The number of hydrogen-bond donors (Lipinski definition) is 2. The van der Waals surface area contributed by atoms with Gasteiger partial charge in [-0.2, -0.15) is 0 Å². The lowest BCUT2D eigenvalue weighted by Crippen LogP contribution is -2.18. The van der Waals surface area contributed by atoms with Crippen LogP contribution in [0.4, 0.5) is 0 Å². The summed E-state index contributed by atoms with van der Waals surface area (Å²) in [5.41, 5.74) is 3.07. The Morgan fingerprint density at radius 1 is 1.10 bits per heavy atom. The molecule has 0 fully saturated rings. The molecule has 0 aromatic heterocycles. The van der Waals surface area contributed by atoms with Crippen molar-refractivity contribution in [2.75, 3.05) is 0 Å². The SMILES string of the molecule is Cc1ccc(O)c(CNC(C)c2ccc(Cl)c(Cl)c2)c1. The third-order valence-electron chi connectivity index (χ3n) is 3.28. The topological polar surface area (TPSA) is 32.3 Å². The lowest BCUT2D eigenvalue weighted by Gasteiger charge is -2.16. The van der Waals surface area contributed by atoms with E-state index in [4.69, 9.17) is 23.2 Å². The average Bonchev–Trinajstić information content (AvgIpc) is 2.42. The molecular weight excluding hydrogens is 293 g/mol. The van der Waals surface area contributed by atoms with Gasteiger partial charge in [-0.05, 0) is 37.6 Å². The molecule has 0 spiro atoms. The summed E-state index contributed by atoms with van der Waals surface area (Å²) in [6.07, 6.45) is 0. The molecule has 1 unspecified atom stereocenters. The van der Waals surface area contributed by atoms with Crippen LogP contribution in [-0.2, 0) is 6.54 Å². The summed E-state index contributed by atoms with van der Waals surface area (Å²) in [4.78, 5) is 0. The van der Waals surface area contributed by atoms with E-state index in [2.05, 4.69) is 5.32 Å². The fourth-order valence-electron chi connectivity index (χ4n) is 2.02. The normalized spacial score (nSPS) is 12.4. The zero-order valence-corrected chi connectivity index (χ0v) is 13.0. The van der Waals surface area contributed by atoms with Crippen LogP contribution in [0.25, 0.3) is 0 Å². The van der Waals surface area contributed by atoms with Gasteiger partial charge < -0.3 is 10.4 Å². The van der Waals surface area contributed by atoms with Gasteiger partial charge in [0.2, 0.25) is 0 Å². The third-order valence-corrected chi connectivity index (χ3v) is 4.02. The molecule has 20 heavy (non-hydrogen) atoms. The summed E-state index contributed by atoms with van der Waals surface area (Å²) in [6, 6.07) is 11.3. The highest BCUT2D eigenvalue weighted by atomic mass is 35.5. The highest BCUT2D eigenvalue weighted by molar-refractivity contribution is 6.42. The summed E-state index contributed by atoms with van der Waals surface area (Å²) in [7, 11) is 0. The third kappa shape index (κ3) is 3.66. The Morgan fingerprint density at radius 3 is 2.55 bits per heavy atom. The molecule has 1 atom stereocenters. The van der Waals surface area contributed by atoms with Crippen molar-refractivity contribution in [1.29, 1.82) is 0 Å². The van der Waals surface area contributed by atoms with Crippen molar-refractivity contribution < 1.29 is 5.11 Å². The molecule has 106 valence electrons. The van der Waals surface area contributed by atoms with Crippen LogP contribution in [0.5, 0.6) is 5.75 Å². The second kappa shape index (κ2) is 6.49. The van der Waals surface area contributed by atoms with Crippen LogP contribution >= 0.6 is 23.2 Å². The van der Waals surface area contributed by atoms with Gasteiger partial charge >= 0.3 is 0 Å². The van der Waals surface area contributed by atoms with E-state index < -0.39 is 0 Å². The Labute approximate surface area is 129 Å². The summed E-state index contributed by atoms with van der Waals surface area (Å²) >= 11 is 11.9. The molecule has 0 bridgehead atoms. The first kappa shape index (κ1) is 15.2. The minimum absolute atomic E-state index is 0.115. The van der Waals surface area contributed by atoms with Crippen LogP contribution in [-0.4, -0.2) is 5.11 Å². The number of halogens is 2. The van der Waals surface area contributed by atoms with Crippen LogP contribution in [0, 0.1) is 6.92 Å². The largest absolute Gasteiger partial charge is 0.508 e. The maximum absolute atomic E-state index is 9.82. The molecule has 0 heterocycles. The van der Waals surface area contributed by atoms with E-state index in [0.717, 1.165) is 16.7 Å². The molecule has 4 heteroatoms. The minimum Gasteiger partial charge on any atom is -0.508 e. The first-order valence-corrected chi connectivity index (χ1v) is 7.20. The van der Waals surface area contributed by atoms with Gasteiger partial charge in [-0.3, -0.25) is 0 Å². The maximum atomic E-state index is 9.82. The molecule has 0 aliphatic heterocycles. The zero-order valence-electron chi connectivity index (χ0n) is 11.5. The van der Waals surface area contributed by atoms with Crippen LogP contribution in [0.3, 0.4) is 0 Å². The monoisotopic (exact) mass is 309 g/mol. The van der Waals surface area contributed by atoms with E-state index in [1.54, 1.807) is 12.1 Å². The molecule has 0 aliphatic carbocycles. The molecule has 2 rings (SSSR count). The van der Waals surface area contributed by atoms with Gasteiger partial charge in [-0.25, -0.2) is 0 Å². The molecule has 0 aliphatic rings. The Kier molecular flexibility index (Phi) is 4.92. The second-order valence-corrected chi connectivity index (χ2v) is 5.72. The van der Waals surface area contributed by atoms with Crippen molar-refractivity contribution in [2.24, 2.45) is 0 Å². The number of nitrogens with one attached hydrogen (secondary N) is 1. The zero-order chi connectivity index (χ0) is 14.7. The Bertz CT molecular complexity index is 613. The fraction of sp³-hybridized carbons (Fsp3) is 0.250. The van der Waals surface area contributed by atoms with Gasteiger partial charge in [0, 0.05) is 18.2 Å². The highest BCUT2D eigenvalue weighted by Gasteiger charge is 2.09. The number of rotatable bonds is 4. The Hall–Kier alpha value is -1.22.